The molecule has 1 atom stereocenters. The molecule has 0 bridgehead atoms. The molecule has 0 saturated carbocycles. The van der Waals surface area contributed by atoms with Crippen molar-refractivity contribution < 1.29 is 14.3 Å². The molecule has 3 rings (SSSR count). The molecule has 1 unspecified atom stereocenters. The van der Waals surface area contributed by atoms with Crippen molar-refractivity contribution >= 4 is 5.78 Å². The van der Waals surface area contributed by atoms with Gasteiger partial charge in [0.1, 0.15) is 17.1 Å². The molecule has 4 heteroatoms. The van der Waals surface area contributed by atoms with Gasteiger partial charge in [-0.15, -0.1) is 0 Å². The molecule has 1 aromatic rings. The normalized spacial score (nSPS) is 26.8. The average Bonchev–Trinajstić information content (AvgIpc) is 2.61. The van der Waals surface area contributed by atoms with Crippen LogP contribution >= 0.6 is 0 Å². The van der Waals surface area contributed by atoms with Crippen LogP contribution in [0.25, 0.3) is 0 Å². The maximum atomic E-state index is 12.5. The monoisotopic (exact) mass is 275 g/mol. The maximum absolute atomic E-state index is 12.5. The molecule has 2 aliphatic heterocycles. The Labute approximate surface area is 119 Å². The van der Waals surface area contributed by atoms with E-state index >= 15 is 0 Å². The zero-order valence-electron chi connectivity index (χ0n) is 12.1. The van der Waals surface area contributed by atoms with Gasteiger partial charge in [0.2, 0.25) is 0 Å². The van der Waals surface area contributed by atoms with Crippen LogP contribution in [0.4, 0.5) is 0 Å². The number of methoxy groups -OCH3 is 1. The van der Waals surface area contributed by atoms with E-state index in [9.17, 15) is 4.79 Å². The van der Waals surface area contributed by atoms with E-state index in [1.165, 1.54) is 0 Å². The van der Waals surface area contributed by atoms with Crippen LogP contribution in [0.15, 0.2) is 18.2 Å². The summed E-state index contributed by atoms with van der Waals surface area (Å²) in [5, 5.41) is 0. The zero-order chi connectivity index (χ0) is 14.2. The molecule has 0 aromatic heterocycles. The van der Waals surface area contributed by atoms with Gasteiger partial charge in [-0.2, -0.15) is 0 Å². The third-order valence-electron chi connectivity index (χ3n) is 4.42. The SMILES string of the molecule is COc1ccc2c(c1)C(=O)CC1(CCCN(C)CC1)O2. The predicted molar refractivity (Wildman–Crippen MR) is 76.6 cm³/mol. The van der Waals surface area contributed by atoms with Crippen LogP contribution in [0, 0.1) is 0 Å². The van der Waals surface area contributed by atoms with E-state index in [4.69, 9.17) is 9.47 Å². The van der Waals surface area contributed by atoms with E-state index in [1.54, 1.807) is 13.2 Å². The molecule has 1 saturated heterocycles. The predicted octanol–water partition coefficient (Wildman–Crippen LogP) is 2.51. The van der Waals surface area contributed by atoms with E-state index in [-0.39, 0.29) is 11.4 Å². The number of hydrogen-bond acceptors (Lipinski definition) is 4. The fraction of sp³-hybridized carbons (Fsp3) is 0.562. The largest absolute Gasteiger partial charge is 0.497 e. The summed E-state index contributed by atoms with van der Waals surface area (Å²) in [5.74, 6) is 1.60. The van der Waals surface area contributed by atoms with Crippen molar-refractivity contribution in [2.24, 2.45) is 0 Å². The first-order chi connectivity index (χ1) is 9.62. The summed E-state index contributed by atoms with van der Waals surface area (Å²) in [6.07, 6.45) is 3.44. The molecule has 1 spiro atoms. The number of benzene rings is 1. The van der Waals surface area contributed by atoms with Gasteiger partial charge in [-0.3, -0.25) is 4.79 Å². The molecule has 108 valence electrons. The van der Waals surface area contributed by atoms with Gasteiger partial charge < -0.3 is 14.4 Å². The lowest BCUT2D eigenvalue weighted by molar-refractivity contribution is 0.0304. The van der Waals surface area contributed by atoms with Crippen LogP contribution in [0.3, 0.4) is 0 Å². The third-order valence-corrected chi connectivity index (χ3v) is 4.42. The number of ketones is 1. The van der Waals surface area contributed by atoms with Crippen LogP contribution in [0.2, 0.25) is 0 Å². The average molecular weight is 275 g/mol. The minimum Gasteiger partial charge on any atom is -0.497 e. The Morgan fingerprint density at radius 2 is 2.15 bits per heavy atom. The molecule has 0 amide bonds. The van der Waals surface area contributed by atoms with Gasteiger partial charge in [0, 0.05) is 13.0 Å². The number of carbonyl (C=O) groups excluding carboxylic acids is 1. The number of fused-ring (bicyclic) bond motifs is 1. The first-order valence-corrected chi connectivity index (χ1v) is 7.21. The van der Waals surface area contributed by atoms with Crippen molar-refractivity contribution in [2.75, 3.05) is 27.2 Å². The van der Waals surface area contributed by atoms with Gasteiger partial charge in [0.15, 0.2) is 5.78 Å². The Hall–Kier alpha value is -1.55. The second-order valence-corrected chi connectivity index (χ2v) is 5.90. The van der Waals surface area contributed by atoms with E-state index in [0.29, 0.717) is 23.5 Å². The molecule has 4 nitrogen and oxygen atoms in total. The maximum Gasteiger partial charge on any atom is 0.170 e. The van der Waals surface area contributed by atoms with Crippen LogP contribution in [0.5, 0.6) is 11.5 Å². The lowest BCUT2D eigenvalue weighted by atomic mass is 9.84. The first kappa shape index (κ1) is 13.4. The lowest BCUT2D eigenvalue weighted by Crippen LogP contribution is -2.42. The van der Waals surface area contributed by atoms with Gasteiger partial charge in [-0.1, -0.05) is 0 Å². The van der Waals surface area contributed by atoms with Crippen molar-refractivity contribution in [2.45, 2.75) is 31.3 Å². The highest BCUT2D eigenvalue weighted by Gasteiger charge is 2.41. The van der Waals surface area contributed by atoms with Gasteiger partial charge in [0.25, 0.3) is 0 Å². The summed E-state index contributed by atoms with van der Waals surface area (Å²) in [4.78, 5) is 14.8. The standard InChI is InChI=1S/C16H21NO3/c1-17-8-3-6-16(7-9-17)11-14(18)13-10-12(19-2)4-5-15(13)20-16/h4-5,10H,3,6-9,11H2,1-2H3. The van der Waals surface area contributed by atoms with Crippen molar-refractivity contribution in [3.8, 4) is 11.5 Å². The van der Waals surface area contributed by atoms with E-state index in [0.717, 1.165) is 32.4 Å². The zero-order valence-corrected chi connectivity index (χ0v) is 12.1. The number of carbonyl (C=O) groups is 1. The number of hydrogen-bond donors (Lipinski definition) is 0. The van der Waals surface area contributed by atoms with Gasteiger partial charge in [-0.25, -0.2) is 0 Å². The summed E-state index contributed by atoms with van der Waals surface area (Å²) in [5.41, 5.74) is 0.358. The van der Waals surface area contributed by atoms with E-state index < -0.39 is 0 Å². The number of Topliss-reactive ketones (excluding diaryl/α,β-unsaturated/α-hetero) is 1. The topological polar surface area (TPSA) is 38.8 Å². The highest BCUT2D eigenvalue weighted by atomic mass is 16.5. The third kappa shape index (κ3) is 2.40. The summed E-state index contributed by atoms with van der Waals surface area (Å²) in [7, 11) is 3.74. The molecule has 20 heavy (non-hydrogen) atoms. The molecule has 2 aliphatic rings. The Kier molecular flexibility index (Phi) is 3.42. The Balaban J connectivity index is 1.90. The molecule has 1 fully saturated rings. The Morgan fingerprint density at radius 1 is 1.30 bits per heavy atom. The van der Waals surface area contributed by atoms with Crippen molar-refractivity contribution in [1.82, 2.24) is 4.90 Å². The van der Waals surface area contributed by atoms with Crippen LogP contribution in [0.1, 0.15) is 36.0 Å². The van der Waals surface area contributed by atoms with E-state index in [2.05, 4.69) is 11.9 Å². The number of ether oxygens (including phenoxy) is 2. The molecular formula is C16H21NO3. The van der Waals surface area contributed by atoms with Crippen LogP contribution in [-0.2, 0) is 0 Å². The van der Waals surface area contributed by atoms with Crippen molar-refractivity contribution in [3.05, 3.63) is 23.8 Å². The molecule has 0 radical (unpaired) electrons. The second kappa shape index (κ2) is 5.09. The summed E-state index contributed by atoms with van der Waals surface area (Å²) >= 11 is 0. The van der Waals surface area contributed by atoms with Gasteiger partial charge >= 0.3 is 0 Å². The quantitative estimate of drug-likeness (QED) is 0.789. The number of rotatable bonds is 1. The van der Waals surface area contributed by atoms with Gasteiger partial charge in [-0.05, 0) is 44.6 Å². The van der Waals surface area contributed by atoms with Crippen molar-refractivity contribution in [3.63, 3.8) is 0 Å². The summed E-state index contributed by atoms with van der Waals surface area (Å²) < 4.78 is 11.4. The fourth-order valence-electron chi connectivity index (χ4n) is 3.18. The molecule has 0 aliphatic carbocycles. The Morgan fingerprint density at radius 3 is 2.95 bits per heavy atom. The van der Waals surface area contributed by atoms with Crippen LogP contribution in [-0.4, -0.2) is 43.5 Å². The highest BCUT2D eigenvalue weighted by Crippen LogP contribution is 2.40. The lowest BCUT2D eigenvalue weighted by Gasteiger charge is -2.37. The minimum atomic E-state index is -0.302. The van der Waals surface area contributed by atoms with E-state index in [1.807, 2.05) is 12.1 Å². The van der Waals surface area contributed by atoms with Gasteiger partial charge in [0.05, 0.1) is 19.1 Å². The molecule has 1 aromatic carbocycles. The minimum absolute atomic E-state index is 0.176. The molecule has 2 heterocycles. The number of likely N-dealkylation sites (tertiary alicyclic amines) is 1. The summed E-state index contributed by atoms with van der Waals surface area (Å²) in [6, 6.07) is 5.50. The molecule has 0 N–H and O–H groups in total. The molecular weight excluding hydrogens is 254 g/mol. The van der Waals surface area contributed by atoms with Crippen molar-refractivity contribution in [1.29, 1.82) is 0 Å². The fourth-order valence-corrected chi connectivity index (χ4v) is 3.18. The van der Waals surface area contributed by atoms with Crippen LogP contribution < -0.4 is 9.47 Å². The first-order valence-electron chi connectivity index (χ1n) is 7.21. The summed E-state index contributed by atoms with van der Waals surface area (Å²) in [6.45, 7) is 2.06. The second-order valence-electron chi connectivity index (χ2n) is 5.90. The smallest absolute Gasteiger partial charge is 0.170 e. The number of nitrogens with zero attached hydrogens (tertiary/aromatic N) is 1. The Bertz CT molecular complexity index is 528. The highest BCUT2D eigenvalue weighted by molar-refractivity contribution is 6.00.